The number of nitrogens with one attached hydrogen (secondary N) is 1. The number of amides is 1. The molecule has 1 aromatic carbocycles. The summed E-state index contributed by atoms with van der Waals surface area (Å²) in [6.45, 7) is 3.22. The molecular weight excluding hydrogens is 346 g/mol. The average Bonchev–Trinajstić information content (AvgIpc) is 3.20. The molecule has 1 heterocycles. The highest BCUT2D eigenvalue weighted by Crippen LogP contribution is 2.23. The number of hydrogen-bond acceptors (Lipinski definition) is 5. The topological polar surface area (TPSA) is 73.9 Å². The maximum Gasteiger partial charge on any atom is 0.338 e. The third kappa shape index (κ3) is 5.96. The Hall–Kier alpha value is -2.08. The highest BCUT2D eigenvalue weighted by molar-refractivity contribution is 5.91. The number of esters is 1. The van der Waals surface area contributed by atoms with Crippen molar-refractivity contribution in [3.8, 4) is 5.75 Å². The molecule has 6 heteroatoms. The summed E-state index contributed by atoms with van der Waals surface area (Å²) in [7, 11) is 0. The van der Waals surface area contributed by atoms with Gasteiger partial charge in [0.15, 0.2) is 6.61 Å². The van der Waals surface area contributed by atoms with Gasteiger partial charge in [0.1, 0.15) is 12.4 Å². The van der Waals surface area contributed by atoms with Crippen molar-refractivity contribution in [2.45, 2.75) is 57.6 Å². The molecule has 0 bridgehead atoms. The van der Waals surface area contributed by atoms with Crippen LogP contribution in [-0.4, -0.2) is 43.8 Å². The Balaban J connectivity index is 1.40. The fourth-order valence-electron chi connectivity index (χ4n) is 3.65. The van der Waals surface area contributed by atoms with Crippen LogP contribution in [-0.2, 0) is 14.3 Å². The van der Waals surface area contributed by atoms with Crippen LogP contribution in [0.25, 0.3) is 0 Å². The Kier molecular flexibility index (Phi) is 7.10. The van der Waals surface area contributed by atoms with E-state index in [0.717, 1.165) is 38.7 Å². The monoisotopic (exact) mass is 375 g/mol. The van der Waals surface area contributed by atoms with Gasteiger partial charge in [-0.1, -0.05) is 19.8 Å². The molecule has 6 nitrogen and oxygen atoms in total. The van der Waals surface area contributed by atoms with Gasteiger partial charge in [-0.25, -0.2) is 4.79 Å². The molecule has 0 spiro atoms. The standard InChI is InChI=1S/C21H29NO5/c1-15-5-2-3-7-19(15)22-20(23)14-27-21(24)16-8-10-17(11-9-16)26-13-18-6-4-12-25-18/h8-11,15,18-19H,2-7,12-14H2,1H3,(H,22,23)/t15-,18-,19-/m0/s1. The van der Waals surface area contributed by atoms with Crippen molar-refractivity contribution in [2.24, 2.45) is 5.92 Å². The predicted molar refractivity (Wildman–Crippen MR) is 101 cm³/mol. The molecule has 0 unspecified atom stereocenters. The summed E-state index contributed by atoms with van der Waals surface area (Å²) in [5.74, 6) is 0.415. The van der Waals surface area contributed by atoms with E-state index < -0.39 is 5.97 Å². The molecule has 2 aliphatic rings. The van der Waals surface area contributed by atoms with E-state index in [9.17, 15) is 9.59 Å². The molecule has 0 radical (unpaired) electrons. The van der Waals surface area contributed by atoms with E-state index in [1.807, 2.05) is 0 Å². The molecule has 1 N–H and O–H groups in total. The van der Waals surface area contributed by atoms with E-state index >= 15 is 0 Å². The Labute approximate surface area is 160 Å². The lowest BCUT2D eigenvalue weighted by molar-refractivity contribution is -0.125. The third-order valence-corrected chi connectivity index (χ3v) is 5.34. The molecule has 27 heavy (non-hydrogen) atoms. The van der Waals surface area contributed by atoms with Gasteiger partial charge in [-0.2, -0.15) is 0 Å². The molecule has 1 aromatic rings. The first kappa shape index (κ1) is 19.7. The maximum absolute atomic E-state index is 12.1. The van der Waals surface area contributed by atoms with E-state index in [4.69, 9.17) is 14.2 Å². The number of carbonyl (C=O) groups excluding carboxylic acids is 2. The quantitative estimate of drug-likeness (QED) is 0.742. The third-order valence-electron chi connectivity index (χ3n) is 5.34. The van der Waals surface area contributed by atoms with E-state index in [1.165, 1.54) is 6.42 Å². The number of hydrogen-bond donors (Lipinski definition) is 1. The summed E-state index contributed by atoms with van der Waals surface area (Å²) in [5.41, 5.74) is 0.401. The van der Waals surface area contributed by atoms with Gasteiger partial charge in [0.05, 0.1) is 11.7 Å². The smallest absolute Gasteiger partial charge is 0.338 e. The maximum atomic E-state index is 12.1. The zero-order valence-corrected chi connectivity index (χ0v) is 15.9. The molecule has 3 rings (SSSR count). The van der Waals surface area contributed by atoms with Crippen molar-refractivity contribution in [1.29, 1.82) is 0 Å². The van der Waals surface area contributed by atoms with Gasteiger partial charge in [-0.15, -0.1) is 0 Å². The average molecular weight is 375 g/mol. The number of rotatable bonds is 7. The number of carbonyl (C=O) groups is 2. The highest BCUT2D eigenvalue weighted by Gasteiger charge is 2.23. The Morgan fingerprint density at radius 3 is 2.59 bits per heavy atom. The highest BCUT2D eigenvalue weighted by atomic mass is 16.5. The van der Waals surface area contributed by atoms with Gasteiger partial charge in [-0.05, 0) is 55.9 Å². The fourth-order valence-corrected chi connectivity index (χ4v) is 3.65. The zero-order valence-electron chi connectivity index (χ0n) is 15.9. The first-order chi connectivity index (χ1) is 13.1. The first-order valence-corrected chi connectivity index (χ1v) is 9.93. The van der Waals surface area contributed by atoms with E-state index in [-0.39, 0.29) is 24.7 Å². The van der Waals surface area contributed by atoms with Gasteiger partial charge in [0.25, 0.3) is 5.91 Å². The lowest BCUT2D eigenvalue weighted by Crippen LogP contribution is -2.42. The van der Waals surface area contributed by atoms with Crippen LogP contribution in [0.4, 0.5) is 0 Å². The van der Waals surface area contributed by atoms with Crippen LogP contribution in [0, 0.1) is 5.92 Å². The van der Waals surface area contributed by atoms with E-state index in [0.29, 0.717) is 23.8 Å². The summed E-state index contributed by atoms with van der Waals surface area (Å²) >= 11 is 0. The van der Waals surface area contributed by atoms with Crippen molar-refractivity contribution >= 4 is 11.9 Å². The van der Waals surface area contributed by atoms with Gasteiger partial charge in [-0.3, -0.25) is 4.79 Å². The van der Waals surface area contributed by atoms with Crippen LogP contribution in [0.1, 0.15) is 55.8 Å². The first-order valence-electron chi connectivity index (χ1n) is 9.93. The van der Waals surface area contributed by atoms with E-state index in [2.05, 4.69) is 12.2 Å². The summed E-state index contributed by atoms with van der Waals surface area (Å²) in [5, 5.41) is 2.98. The lowest BCUT2D eigenvalue weighted by atomic mass is 9.86. The second-order valence-electron chi connectivity index (χ2n) is 7.48. The van der Waals surface area contributed by atoms with Crippen LogP contribution in [0.5, 0.6) is 5.75 Å². The Bertz CT molecular complexity index is 624. The molecule has 1 aliphatic carbocycles. The van der Waals surface area contributed by atoms with Gasteiger partial charge < -0.3 is 19.5 Å². The minimum absolute atomic E-state index is 0.153. The van der Waals surface area contributed by atoms with Crippen molar-refractivity contribution in [2.75, 3.05) is 19.8 Å². The van der Waals surface area contributed by atoms with Crippen molar-refractivity contribution in [3.05, 3.63) is 29.8 Å². The fraction of sp³-hybridized carbons (Fsp3) is 0.619. The normalized spacial score (nSPS) is 25.0. The number of ether oxygens (including phenoxy) is 3. The molecule has 1 saturated carbocycles. The molecule has 3 atom stereocenters. The van der Waals surface area contributed by atoms with Gasteiger partial charge in [0.2, 0.25) is 0 Å². The largest absolute Gasteiger partial charge is 0.491 e. The second kappa shape index (κ2) is 9.74. The Morgan fingerprint density at radius 2 is 1.89 bits per heavy atom. The molecule has 1 saturated heterocycles. The van der Waals surface area contributed by atoms with Gasteiger partial charge in [0, 0.05) is 12.6 Å². The molecule has 1 amide bonds. The SMILES string of the molecule is C[C@H]1CCCC[C@@H]1NC(=O)COC(=O)c1ccc(OC[C@@H]2CCCO2)cc1. The van der Waals surface area contributed by atoms with Crippen LogP contribution >= 0.6 is 0 Å². The van der Waals surface area contributed by atoms with Crippen LogP contribution in [0.2, 0.25) is 0 Å². The molecule has 148 valence electrons. The van der Waals surface area contributed by atoms with Crippen LogP contribution < -0.4 is 10.1 Å². The lowest BCUT2D eigenvalue weighted by Gasteiger charge is -2.29. The summed E-state index contributed by atoms with van der Waals surface area (Å²) < 4.78 is 16.3. The minimum atomic E-state index is -0.507. The van der Waals surface area contributed by atoms with Crippen molar-refractivity contribution in [1.82, 2.24) is 5.32 Å². The second-order valence-corrected chi connectivity index (χ2v) is 7.48. The predicted octanol–water partition coefficient (Wildman–Crippen LogP) is 3.10. The molecule has 1 aliphatic heterocycles. The Morgan fingerprint density at radius 1 is 1.11 bits per heavy atom. The summed E-state index contributed by atoms with van der Waals surface area (Å²) in [6.07, 6.45) is 6.73. The summed E-state index contributed by atoms with van der Waals surface area (Å²) in [4.78, 5) is 24.2. The van der Waals surface area contributed by atoms with Crippen LogP contribution in [0.15, 0.2) is 24.3 Å². The minimum Gasteiger partial charge on any atom is -0.491 e. The summed E-state index contributed by atoms with van der Waals surface area (Å²) in [6, 6.07) is 6.94. The molecular formula is C21H29NO5. The van der Waals surface area contributed by atoms with Crippen molar-refractivity contribution in [3.63, 3.8) is 0 Å². The van der Waals surface area contributed by atoms with Crippen molar-refractivity contribution < 1.29 is 23.8 Å². The van der Waals surface area contributed by atoms with Crippen LogP contribution in [0.3, 0.4) is 0 Å². The van der Waals surface area contributed by atoms with Gasteiger partial charge >= 0.3 is 5.97 Å². The number of benzene rings is 1. The van der Waals surface area contributed by atoms with E-state index in [1.54, 1.807) is 24.3 Å². The zero-order chi connectivity index (χ0) is 19.1. The molecule has 0 aromatic heterocycles. The molecule has 2 fully saturated rings.